The van der Waals surface area contributed by atoms with Crippen molar-refractivity contribution in [3.05, 3.63) is 69.8 Å². The Balaban J connectivity index is 2.14. The van der Waals surface area contributed by atoms with Crippen molar-refractivity contribution in [2.75, 3.05) is 20.8 Å². The van der Waals surface area contributed by atoms with Crippen molar-refractivity contribution in [3.8, 4) is 23.3 Å². The SMILES string of the molecule is COc1c(C)c(C)c(OC)c(C#C/C(C)=C/COCc2ccccc2)c1C. The number of methoxy groups -OCH3 is 2. The quantitative estimate of drug-likeness (QED) is 0.524. The van der Waals surface area contributed by atoms with Crippen molar-refractivity contribution in [1.82, 2.24) is 0 Å². The number of rotatable bonds is 6. The van der Waals surface area contributed by atoms with E-state index in [2.05, 4.69) is 24.0 Å². The van der Waals surface area contributed by atoms with Gasteiger partial charge in [0.1, 0.15) is 11.5 Å². The maximum absolute atomic E-state index is 5.69. The lowest BCUT2D eigenvalue weighted by atomic mass is 9.97. The van der Waals surface area contributed by atoms with Crippen LogP contribution in [0.15, 0.2) is 42.0 Å². The van der Waals surface area contributed by atoms with Crippen LogP contribution in [0.2, 0.25) is 0 Å². The van der Waals surface area contributed by atoms with Crippen molar-refractivity contribution in [3.63, 3.8) is 0 Å². The van der Waals surface area contributed by atoms with E-state index in [1.165, 1.54) is 0 Å². The lowest BCUT2D eigenvalue weighted by Crippen LogP contribution is -2.01. The average molecular weight is 364 g/mol. The zero-order valence-corrected chi connectivity index (χ0v) is 17.1. The lowest BCUT2D eigenvalue weighted by Gasteiger charge is -2.17. The molecule has 0 aliphatic heterocycles. The summed E-state index contributed by atoms with van der Waals surface area (Å²) in [6, 6.07) is 10.1. The van der Waals surface area contributed by atoms with Gasteiger partial charge in [0.05, 0.1) is 33.0 Å². The van der Waals surface area contributed by atoms with E-state index in [4.69, 9.17) is 14.2 Å². The third-order valence-electron chi connectivity index (χ3n) is 4.60. The van der Waals surface area contributed by atoms with E-state index in [0.717, 1.165) is 44.9 Å². The second-order valence-corrected chi connectivity index (χ2v) is 6.45. The predicted octanol–water partition coefficient (Wildman–Crippen LogP) is 5.14. The van der Waals surface area contributed by atoms with Crippen LogP contribution < -0.4 is 9.47 Å². The van der Waals surface area contributed by atoms with Gasteiger partial charge in [0.2, 0.25) is 0 Å². The fourth-order valence-corrected chi connectivity index (χ4v) is 2.95. The van der Waals surface area contributed by atoms with Crippen molar-refractivity contribution >= 4 is 0 Å². The van der Waals surface area contributed by atoms with E-state index in [0.29, 0.717) is 13.2 Å². The van der Waals surface area contributed by atoms with Gasteiger partial charge in [0.25, 0.3) is 0 Å². The van der Waals surface area contributed by atoms with Crippen LogP contribution >= 0.6 is 0 Å². The standard InChI is InChI=1S/C24H28O3/c1-17(14-15-27-16-21-10-8-7-9-11-21)12-13-22-20(4)23(25-5)18(2)19(3)24(22)26-6/h7-11,14H,15-16H2,1-6H3/b17-14+. The molecule has 0 amide bonds. The average Bonchev–Trinajstić information content (AvgIpc) is 2.68. The highest BCUT2D eigenvalue weighted by atomic mass is 16.5. The summed E-state index contributed by atoms with van der Waals surface area (Å²) in [4.78, 5) is 0. The Labute approximate surface area is 163 Å². The first-order chi connectivity index (χ1) is 13.0. The summed E-state index contributed by atoms with van der Waals surface area (Å²) in [5.41, 5.74) is 6.13. The van der Waals surface area contributed by atoms with E-state index in [1.807, 2.05) is 52.0 Å². The fourth-order valence-electron chi connectivity index (χ4n) is 2.95. The number of hydrogen-bond acceptors (Lipinski definition) is 3. The molecule has 0 heterocycles. The number of ether oxygens (including phenoxy) is 3. The van der Waals surface area contributed by atoms with Crippen molar-refractivity contribution in [2.24, 2.45) is 0 Å². The van der Waals surface area contributed by atoms with Crippen LogP contribution in [0.25, 0.3) is 0 Å². The Bertz CT molecular complexity index is 868. The van der Waals surface area contributed by atoms with Gasteiger partial charge in [0, 0.05) is 5.56 Å². The largest absolute Gasteiger partial charge is 0.496 e. The van der Waals surface area contributed by atoms with Gasteiger partial charge in [-0.3, -0.25) is 0 Å². The predicted molar refractivity (Wildman–Crippen MR) is 110 cm³/mol. The molecule has 3 nitrogen and oxygen atoms in total. The van der Waals surface area contributed by atoms with Gasteiger partial charge in [-0.25, -0.2) is 0 Å². The molecule has 2 rings (SSSR count). The van der Waals surface area contributed by atoms with Crippen LogP contribution in [0.3, 0.4) is 0 Å². The Morgan fingerprint density at radius 3 is 2.19 bits per heavy atom. The Hall–Kier alpha value is -2.70. The monoisotopic (exact) mass is 364 g/mol. The first-order valence-corrected chi connectivity index (χ1v) is 9.01. The van der Waals surface area contributed by atoms with Gasteiger partial charge in [-0.05, 0) is 56.0 Å². The van der Waals surface area contributed by atoms with Crippen molar-refractivity contribution in [2.45, 2.75) is 34.3 Å². The van der Waals surface area contributed by atoms with Crippen LogP contribution in [-0.2, 0) is 11.3 Å². The topological polar surface area (TPSA) is 27.7 Å². The number of benzene rings is 2. The van der Waals surface area contributed by atoms with Crippen LogP contribution in [0.1, 0.15) is 34.7 Å². The summed E-state index contributed by atoms with van der Waals surface area (Å²) in [6.07, 6.45) is 2.00. The molecule has 0 atom stereocenters. The summed E-state index contributed by atoms with van der Waals surface area (Å²) >= 11 is 0. The van der Waals surface area contributed by atoms with E-state index >= 15 is 0 Å². The van der Waals surface area contributed by atoms with Crippen LogP contribution in [-0.4, -0.2) is 20.8 Å². The third kappa shape index (κ3) is 5.15. The molecular formula is C24H28O3. The molecule has 0 N–H and O–H groups in total. The summed E-state index contributed by atoms with van der Waals surface area (Å²) in [6.45, 7) is 9.19. The summed E-state index contributed by atoms with van der Waals surface area (Å²) < 4.78 is 16.9. The Morgan fingerprint density at radius 2 is 1.56 bits per heavy atom. The van der Waals surface area contributed by atoms with Crippen LogP contribution in [0, 0.1) is 32.6 Å². The molecule has 0 spiro atoms. The summed E-state index contributed by atoms with van der Waals surface area (Å²) in [5, 5.41) is 0. The van der Waals surface area contributed by atoms with Crippen LogP contribution in [0.5, 0.6) is 11.5 Å². The summed E-state index contributed by atoms with van der Waals surface area (Å²) in [7, 11) is 3.37. The molecule has 0 saturated carbocycles. The first-order valence-electron chi connectivity index (χ1n) is 9.01. The number of hydrogen-bond donors (Lipinski definition) is 0. The van der Waals surface area contributed by atoms with Crippen molar-refractivity contribution < 1.29 is 14.2 Å². The molecule has 0 aliphatic carbocycles. The molecule has 0 fully saturated rings. The molecule has 2 aromatic rings. The van der Waals surface area contributed by atoms with Gasteiger partial charge in [-0.2, -0.15) is 0 Å². The molecule has 3 heteroatoms. The van der Waals surface area contributed by atoms with Gasteiger partial charge in [-0.15, -0.1) is 0 Å². The van der Waals surface area contributed by atoms with E-state index in [1.54, 1.807) is 14.2 Å². The van der Waals surface area contributed by atoms with E-state index in [-0.39, 0.29) is 0 Å². The van der Waals surface area contributed by atoms with E-state index in [9.17, 15) is 0 Å². The summed E-state index contributed by atoms with van der Waals surface area (Å²) in [5.74, 6) is 8.14. The highest BCUT2D eigenvalue weighted by Gasteiger charge is 2.17. The zero-order chi connectivity index (χ0) is 19.8. The van der Waals surface area contributed by atoms with Gasteiger partial charge < -0.3 is 14.2 Å². The Kier molecular flexibility index (Phi) is 7.52. The molecule has 0 aromatic heterocycles. The normalized spacial score (nSPS) is 11.0. The maximum atomic E-state index is 5.69. The molecule has 142 valence electrons. The van der Waals surface area contributed by atoms with Gasteiger partial charge >= 0.3 is 0 Å². The molecule has 0 saturated heterocycles. The molecule has 2 aromatic carbocycles. The molecular weight excluding hydrogens is 336 g/mol. The highest BCUT2D eigenvalue weighted by Crippen LogP contribution is 2.37. The van der Waals surface area contributed by atoms with E-state index < -0.39 is 0 Å². The van der Waals surface area contributed by atoms with Crippen LogP contribution in [0.4, 0.5) is 0 Å². The molecule has 0 aliphatic rings. The second-order valence-electron chi connectivity index (χ2n) is 6.45. The van der Waals surface area contributed by atoms with Gasteiger partial charge in [0.15, 0.2) is 0 Å². The smallest absolute Gasteiger partial charge is 0.138 e. The minimum atomic E-state index is 0.530. The third-order valence-corrected chi connectivity index (χ3v) is 4.60. The second kappa shape index (κ2) is 9.85. The van der Waals surface area contributed by atoms with Crippen molar-refractivity contribution in [1.29, 1.82) is 0 Å². The lowest BCUT2D eigenvalue weighted by molar-refractivity contribution is 0.148. The zero-order valence-electron chi connectivity index (χ0n) is 17.1. The fraction of sp³-hybridized carbons (Fsp3) is 0.333. The molecule has 0 radical (unpaired) electrons. The minimum Gasteiger partial charge on any atom is -0.496 e. The Morgan fingerprint density at radius 1 is 0.926 bits per heavy atom. The first kappa shape index (κ1) is 20.6. The van der Waals surface area contributed by atoms with Gasteiger partial charge in [-0.1, -0.05) is 42.2 Å². The molecule has 0 bridgehead atoms. The maximum Gasteiger partial charge on any atom is 0.138 e. The number of allylic oxidation sites excluding steroid dienone is 1. The molecule has 0 unspecified atom stereocenters. The highest BCUT2D eigenvalue weighted by molar-refractivity contribution is 5.64. The molecule has 27 heavy (non-hydrogen) atoms. The minimum absolute atomic E-state index is 0.530.